The van der Waals surface area contributed by atoms with E-state index < -0.39 is 15.9 Å². The Bertz CT molecular complexity index is 1150. The predicted molar refractivity (Wildman–Crippen MR) is 135 cm³/mol. The lowest BCUT2D eigenvalue weighted by molar-refractivity contribution is -0.119. The van der Waals surface area contributed by atoms with Crippen molar-refractivity contribution in [2.75, 3.05) is 17.1 Å². The van der Waals surface area contributed by atoms with Gasteiger partial charge in [-0.2, -0.15) is 5.10 Å². The van der Waals surface area contributed by atoms with E-state index in [0.717, 1.165) is 33.9 Å². The molecule has 34 heavy (non-hydrogen) atoms. The van der Waals surface area contributed by atoms with Gasteiger partial charge in [0.15, 0.2) is 0 Å². The Kier molecular flexibility index (Phi) is 6.00. The van der Waals surface area contributed by atoms with Crippen molar-refractivity contribution in [1.29, 1.82) is 0 Å². The molecule has 0 saturated heterocycles. The van der Waals surface area contributed by atoms with Crippen LogP contribution in [0.3, 0.4) is 0 Å². The molecule has 0 radical (unpaired) electrons. The average molecular weight is 480 g/mol. The topological polar surface area (TPSA) is 78.8 Å². The van der Waals surface area contributed by atoms with Crippen molar-refractivity contribution in [3.63, 3.8) is 0 Å². The van der Waals surface area contributed by atoms with Crippen LogP contribution in [0.2, 0.25) is 0 Å². The molecule has 4 bridgehead atoms. The molecule has 0 spiro atoms. The maximum atomic E-state index is 12.6. The number of anilines is 1. The second kappa shape index (κ2) is 8.84. The highest BCUT2D eigenvalue weighted by molar-refractivity contribution is 7.92. The zero-order valence-corrected chi connectivity index (χ0v) is 20.7. The van der Waals surface area contributed by atoms with Crippen molar-refractivity contribution < 1.29 is 13.2 Å². The minimum Gasteiger partial charge on any atom is -0.271 e. The van der Waals surface area contributed by atoms with E-state index in [9.17, 15) is 13.2 Å². The highest BCUT2D eigenvalue weighted by Crippen LogP contribution is 2.60. The van der Waals surface area contributed by atoms with Crippen molar-refractivity contribution >= 4 is 27.3 Å². The summed E-state index contributed by atoms with van der Waals surface area (Å²) in [6, 6.07) is 17.4. The maximum Gasteiger partial charge on any atom is 0.260 e. The van der Waals surface area contributed by atoms with Crippen LogP contribution in [0, 0.1) is 17.8 Å². The van der Waals surface area contributed by atoms with Gasteiger partial charge in [-0.1, -0.05) is 42.5 Å². The van der Waals surface area contributed by atoms with Crippen molar-refractivity contribution in [3.05, 3.63) is 65.7 Å². The van der Waals surface area contributed by atoms with Crippen LogP contribution in [0.15, 0.2) is 59.7 Å². The van der Waals surface area contributed by atoms with Gasteiger partial charge in [-0.05, 0) is 91.9 Å². The summed E-state index contributed by atoms with van der Waals surface area (Å²) in [5.74, 6) is 2.07. The van der Waals surface area contributed by atoms with E-state index in [2.05, 4.69) is 22.7 Å². The molecule has 7 heteroatoms. The Morgan fingerprint density at radius 1 is 0.971 bits per heavy atom. The summed E-state index contributed by atoms with van der Waals surface area (Å²) in [5.41, 5.74) is 6.13. The van der Waals surface area contributed by atoms with Crippen LogP contribution >= 0.6 is 0 Å². The van der Waals surface area contributed by atoms with E-state index in [0.29, 0.717) is 11.4 Å². The van der Waals surface area contributed by atoms with Gasteiger partial charge >= 0.3 is 0 Å². The Morgan fingerprint density at radius 2 is 1.53 bits per heavy atom. The molecule has 4 aliphatic rings. The maximum absolute atomic E-state index is 12.6. The van der Waals surface area contributed by atoms with Crippen LogP contribution in [0.25, 0.3) is 0 Å². The number of amides is 1. The highest BCUT2D eigenvalue weighted by atomic mass is 32.2. The molecule has 2 aromatic rings. The molecular formula is C27H33N3O3S. The fourth-order valence-electron chi connectivity index (χ4n) is 6.90. The number of carbonyl (C=O) groups excluding carboxylic acids is 1. The predicted octanol–water partition coefficient (Wildman–Crippen LogP) is 4.46. The van der Waals surface area contributed by atoms with Crippen LogP contribution in [0.4, 0.5) is 5.69 Å². The van der Waals surface area contributed by atoms with Gasteiger partial charge in [0.2, 0.25) is 10.0 Å². The molecule has 1 N–H and O–H groups in total. The molecule has 1 amide bonds. The Hall–Kier alpha value is -2.67. The fraction of sp³-hybridized carbons (Fsp3) is 0.481. The third kappa shape index (κ3) is 4.63. The zero-order valence-electron chi connectivity index (χ0n) is 19.9. The summed E-state index contributed by atoms with van der Waals surface area (Å²) in [4.78, 5) is 12.6. The number of benzene rings is 2. The smallest absolute Gasteiger partial charge is 0.260 e. The van der Waals surface area contributed by atoms with E-state index in [1.165, 1.54) is 44.1 Å². The van der Waals surface area contributed by atoms with Gasteiger partial charge in [-0.15, -0.1) is 0 Å². The SMILES string of the molecule is C/C(=N/NC(=O)CN(c1ccc(C23CC4CC(CC(C4)C2)C3)cc1)S(C)(=O)=O)c1ccccc1. The van der Waals surface area contributed by atoms with Crippen molar-refractivity contribution in [3.8, 4) is 0 Å². The lowest BCUT2D eigenvalue weighted by atomic mass is 9.48. The summed E-state index contributed by atoms with van der Waals surface area (Å²) in [6.45, 7) is 1.48. The lowest BCUT2D eigenvalue weighted by Crippen LogP contribution is -2.48. The first-order chi connectivity index (χ1) is 16.2. The van der Waals surface area contributed by atoms with Gasteiger partial charge in [0.1, 0.15) is 6.54 Å². The molecule has 180 valence electrons. The molecule has 4 saturated carbocycles. The number of nitrogens with one attached hydrogen (secondary N) is 1. The molecular weight excluding hydrogens is 446 g/mol. The standard InChI is InChI=1S/C27H33N3O3S/c1-19(23-6-4-3-5-7-23)28-29-26(31)18-30(34(2,32)33)25-10-8-24(9-11-25)27-15-20-12-21(16-27)14-22(13-20)17-27/h3-11,20-22H,12-18H2,1-2H3,(H,29,31)/b28-19-. The number of hydrazone groups is 1. The van der Waals surface area contributed by atoms with Crippen LogP contribution < -0.4 is 9.73 Å². The first kappa shape index (κ1) is 23.1. The van der Waals surface area contributed by atoms with E-state index in [1.54, 1.807) is 6.92 Å². The quantitative estimate of drug-likeness (QED) is 0.470. The lowest BCUT2D eigenvalue weighted by Gasteiger charge is -2.57. The molecule has 6 nitrogen and oxygen atoms in total. The summed E-state index contributed by atoms with van der Waals surface area (Å²) in [7, 11) is -3.64. The number of sulfonamides is 1. The zero-order chi connectivity index (χ0) is 23.9. The highest BCUT2D eigenvalue weighted by Gasteiger charge is 2.51. The molecule has 0 atom stereocenters. The second-order valence-electron chi connectivity index (χ2n) is 10.6. The van der Waals surface area contributed by atoms with E-state index in [4.69, 9.17) is 0 Å². The molecule has 0 aliphatic heterocycles. The van der Waals surface area contributed by atoms with Crippen molar-refractivity contribution in [2.24, 2.45) is 22.9 Å². The van der Waals surface area contributed by atoms with E-state index in [1.807, 2.05) is 42.5 Å². The molecule has 0 unspecified atom stereocenters. The Balaban J connectivity index is 1.31. The number of rotatable bonds is 7. The van der Waals surface area contributed by atoms with Gasteiger partial charge in [0, 0.05) is 0 Å². The van der Waals surface area contributed by atoms with Gasteiger partial charge in [0.05, 0.1) is 17.7 Å². The van der Waals surface area contributed by atoms with Gasteiger partial charge in [0.25, 0.3) is 5.91 Å². The van der Waals surface area contributed by atoms with Crippen molar-refractivity contribution in [2.45, 2.75) is 50.9 Å². The number of hydrogen-bond acceptors (Lipinski definition) is 4. The number of nitrogens with zero attached hydrogens (tertiary/aromatic N) is 2. The molecule has 2 aromatic carbocycles. The monoisotopic (exact) mass is 479 g/mol. The molecule has 0 heterocycles. The summed E-state index contributed by atoms with van der Waals surface area (Å²) in [6.07, 6.45) is 9.08. The Labute approximate surface area is 202 Å². The van der Waals surface area contributed by atoms with E-state index >= 15 is 0 Å². The first-order valence-electron chi connectivity index (χ1n) is 12.2. The summed E-state index contributed by atoms with van der Waals surface area (Å²) < 4.78 is 26.2. The third-order valence-corrected chi connectivity index (χ3v) is 9.17. The van der Waals surface area contributed by atoms with E-state index in [-0.39, 0.29) is 12.0 Å². The summed E-state index contributed by atoms with van der Waals surface area (Å²) in [5, 5.41) is 4.14. The Morgan fingerprint density at radius 3 is 2.06 bits per heavy atom. The second-order valence-corrected chi connectivity index (χ2v) is 12.5. The van der Waals surface area contributed by atoms with Gasteiger partial charge in [-0.3, -0.25) is 9.10 Å². The van der Waals surface area contributed by atoms with Crippen molar-refractivity contribution in [1.82, 2.24) is 5.43 Å². The molecule has 6 rings (SSSR count). The van der Waals surface area contributed by atoms with Crippen LogP contribution in [0.1, 0.15) is 56.6 Å². The largest absolute Gasteiger partial charge is 0.271 e. The normalized spacial score (nSPS) is 28.1. The average Bonchev–Trinajstić information content (AvgIpc) is 2.80. The van der Waals surface area contributed by atoms with Crippen LogP contribution in [-0.4, -0.2) is 32.8 Å². The van der Waals surface area contributed by atoms with Gasteiger partial charge in [-0.25, -0.2) is 13.8 Å². The molecule has 4 aliphatic carbocycles. The minimum atomic E-state index is -3.64. The number of carbonyl (C=O) groups is 1. The molecule has 4 fully saturated rings. The van der Waals surface area contributed by atoms with Crippen LogP contribution in [0.5, 0.6) is 0 Å². The molecule has 0 aromatic heterocycles. The minimum absolute atomic E-state index is 0.254. The first-order valence-corrected chi connectivity index (χ1v) is 14.0. The fourth-order valence-corrected chi connectivity index (χ4v) is 7.76. The van der Waals surface area contributed by atoms with Crippen LogP contribution in [-0.2, 0) is 20.2 Å². The van der Waals surface area contributed by atoms with Gasteiger partial charge < -0.3 is 0 Å². The number of hydrogen-bond donors (Lipinski definition) is 1. The summed E-state index contributed by atoms with van der Waals surface area (Å²) >= 11 is 0. The third-order valence-electron chi connectivity index (χ3n) is 8.03.